The van der Waals surface area contributed by atoms with Gasteiger partial charge in [-0.25, -0.2) is 18.4 Å². The Bertz CT molecular complexity index is 279. The van der Waals surface area contributed by atoms with Crippen LogP contribution in [0.4, 0.5) is 0 Å². The lowest BCUT2D eigenvalue weighted by atomic mass is 11.0. The van der Waals surface area contributed by atoms with Gasteiger partial charge in [0.25, 0.3) is 11.0 Å². The quantitative estimate of drug-likeness (QED) is 0.531. The number of nitrogens with zero attached hydrogens (tertiary/aromatic N) is 2. The van der Waals surface area contributed by atoms with E-state index in [9.17, 15) is 0 Å². The van der Waals surface area contributed by atoms with Crippen LogP contribution in [0.5, 0.6) is 0 Å². The molecule has 15 heavy (non-hydrogen) atoms. The zero-order valence-electron chi connectivity index (χ0n) is 7.29. The minimum absolute atomic E-state index is 0. The van der Waals surface area contributed by atoms with E-state index >= 15 is 0 Å². The fourth-order valence-corrected chi connectivity index (χ4v) is 0.351. The highest BCUT2D eigenvalue weighted by Gasteiger charge is 1.60. The Kier molecular flexibility index (Phi) is 13.5. The molecule has 2 aromatic heterocycles. The first-order chi connectivity index (χ1) is 6.73. The first-order valence-corrected chi connectivity index (χ1v) is 4.34. The summed E-state index contributed by atoms with van der Waals surface area (Å²) in [4.78, 5) is 7.11. The van der Waals surface area contributed by atoms with Gasteiger partial charge in [-0.05, 0) is 0 Å². The lowest BCUT2D eigenvalue weighted by Crippen LogP contribution is -1.58. The van der Waals surface area contributed by atoms with Crippen LogP contribution >= 0.6 is 12.4 Å². The second-order valence-corrected chi connectivity index (χ2v) is 2.06. The van der Waals surface area contributed by atoms with Crippen LogP contribution in [0.1, 0.15) is 0 Å². The predicted molar refractivity (Wildman–Crippen MR) is 53.2 cm³/mol. The summed E-state index contributed by atoms with van der Waals surface area (Å²) in [6.45, 7) is 0. The van der Waals surface area contributed by atoms with Gasteiger partial charge in [0, 0.05) is 0 Å². The molecule has 86 valence electrons. The van der Waals surface area contributed by atoms with Gasteiger partial charge < -0.3 is 8.83 Å². The second kappa shape index (κ2) is 12.6. The molecule has 0 saturated heterocycles. The van der Waals surface area contributed by atoms with Crippen molar-refractivity contribution in [2.45, 2.75) is 0 Å². The summed E-state index contributed by atoms with van der Waals surface area (Å²) in [7, 11) is -3.12. The molecule has 0 fully saturated rings. The van der Waals surface area contributed by atoms with Crippen LogP contribution in [0.3, 0.4) is 0 Å². The van der Waals surface area contributed by atoms with Crippen molar-refractivity contribution in [3.05, 3.63) is 37.7 Å². The highest BCUT2D eigenvalue weighted by molar-refractivity contribution is 7.66. The van der Waals surface area contributed by atoms with Gasteiger partial charge >= 0.3 is 0 Å². The van der Waals surface area contributed by atoms with E-state index in [1.165, 1.54) is 25.3 Å². The Morgan fingerprint density at radius 2 is 1.33 bits per heavy atom. The van der Waals surface area contributed by atoms with Gasteiger partial charge in [-0.3, -0.25) is 4.55 Å². The molecule has 0 amide bonds. The Hall–Kier alpha value is -1.38. The molecule has 7 nitrogen and oxygen atoms in total. The number of hydrogen-bond donors (Lipinski definition) is 2. The zero-order chi connectivity index (χ0) is 10.6. The van der Waals surface area contributed by atoms with Gasteiger partial charge in [-0.1, -0.05) is 0 Å². The van der Waals surface area contributed by atoms with Gasteiger partial charge in [0.1, 0.15) is 12.5 Å². The molecule has 0 aliphatic heterocycles. The molecule has 9 heteroatoms. The maximum absolute atomic E-state index is 8.59. The number of thiol groups is 1. The zero-order valence-corrected chi connectivity index (χ0v) is 9.01. The first-order valence-electron chi connectivity index (χ1n) is 3.21. The highest BCUT2D eigenvalue weighted by atomic mass is 35.5. The molecule has 0 aromatic carbocycles. The fraction of sp³-hybridized carbons (Fsp3) is 0. The van der Waals surface area contributed by atoms with E-state index in [-0.39, 0.29) is 12.4 Å². The molecule has 2 heterocycles. The van der Waals surface area contributed by atoms with Gasteiger partial charge in [0.05, 0.1) is 12.4 Å². The number of aromatic nitrogens is 2. The van der Waals surface area contributed by atoms with E-state index in [2.05, 4.69) is 18.8 Å². The van der Waals surface area contributed by atoms with Crippen LogP contribution in [0, 0.1) is 0 Å². The molecule has 1 N–H and O–H groups in total. The van der Waals surface area contributed by atoms with Crippen LogP contribution in [-0.2, 0) is 11.0 Å². The van der Waals surface area contributed by atoms with Crippen molar-refractivity contribution in [3.8, 4) is 0 Å². The van der Waals surface area contributed by atoms with Crippen molar-refractivity contribution in [1.29, 1.82) is 0 Å². The maximum atomic E-state index is 8.59. The van der Waals surface area contributed by atoms with Crippen LogP contribution in [0.25, 0.3) is 0 Å². The lowest BCUT2D eigenvalue weighted by Gasteiger charge is -1.47. The summed E-state index contributed by atoms with van der Waals surface area (Å²) in [6.07, 6.45) is 8.94. The lowest BCUT2D eigenvalue weighted by molar-refractivity contribution is 0.509. The third kappa shape index (κ3) is 19.2. The summed E-state index contributed by atoms with van der Waals surface area (Å²) in [5.41, 5.74) is 0. The highest BCUT2D eigenvalue weighted by Crippen LogP contribution is 1.72. The van der Waals surface area contributed by atoms with Gasteiger partial charge in [0.15, 0.2) is 12.8 Å². The van der Waals surface area contributed by atoms with Crippen molar-refractivity contribution < 1.29 is 21.8 Å². The smallest absolute Gasteiger partial charge is 0.254 e. The molecular weight excluding hydrogens is 248 g/mol. The van der Waals surface area contributed by atoms with Crippen LogP contribution in [0.15, 0.2) is 46.5 Å². The summed E-state index contributed by atoms with van der Waals surface area (Å²) in [5, 5.41) is 0. The molecule has 0 atom stereocenters. The van der Waals surface area contributed by atoms with E-state index in [4.69, 9.17) is 13.0 Å². The topological polar surface area (TPSA) is 106 Å². The number of oxazole rings is 2. The van der Waals surface area contributed by atoms with Crippen LogP contribution < -0.4 is 0 Å². The van der Waals surface area contributed by atoms with Crippen molar-refractivity contribution in [2.24, 2.45) is 0 Å². The fourth-order valence-electron chi connectivity index (χ4n) is 0.351. The Labute approximate surface area is 93.3 Å². The number of rotatable bonds is 0. The van der Waals surface area contributed by atoms with E-state index in [0.29, 0.717) is 0 Å². The average molecular weight is 257 g/mol. The third-order valence-corrected chi connectivity index (χ3v) is 0.694. The predicted octanol–water partition coefficient (Wildman–Crippen LogP) is 0.842. The van der Waals surface area contributed by atoms with Gasteiger partial charge in [0.2, 0.25) is 0 Å². The maximum Gasteiger partial charge on any atom is 0.254 e. The summed E-state index contributed by atoms with van der Waals surface area (Å²) in [6, 6.07) is 0. The van der Waals surface area contributed by atoms with Crippen molar-refractivity contribution in [2.75, 3.05) is 0 Å². The first kappa shape index (κ1) is 16.1. The molecule has 0 aliphatic rings. The van der Waals surface area contributed by atoms with Crippen LogP contribution in [-0.4, -0.2) is 22.9 Å². The monoisotopic (exact) mass is 256 g/mol. The average Bonchev–Trinajstić information content (AvgIpc) is 2.83. The minimum atomic E-state index is -3.12. The largest absolute Gasteiger partial charge is 0.452 e. The molecule has 0 radical (unpaired) electrons. The van der Waals surface area contributed by atoms with Crippen molar-refractivity contribution in [1.82, 2.24) is 9.97 Å². The van der Waals surface area contributed by atoms with Gasteiger partial charge in [-0.15, -0.1) is 12.4 Å². The molecule has 2 rings (SSSR count). The van der Waals surface area contributed by atoms with E-state index in [0.717, 1.165) is 0 Å². The third-order valence-electron chi connectivity index (χ3n) is 0.694. The molecule has 0 unspecified atom stereocenters. The molecule has 0 aliphatic carbocycles. The Morgan fingerprint density at radius 3 is 1.40 bits per heavy atom. The summed E-state index contributed by atoms with van der Waals surface area (Å²) in [5.74, 6) is 0. The van der Waals surface area contributed by atoms with Gasteiger partial charge in [-0.2, -0.15) is 0 Å². The number of hydrogen-bond acceptors (Lipinski definition) is 6. The van der Waals surface area contributed by atoms with E-state index < -0.39 is 11.0 Å². The van der Waals surface area contributed by atoms with Crippen LogP contribution in [0.2, 0.25) is 0 Å². The van der Waals surface area contributed by atoms with Crippen molar-refractivity contribution in [3.63, 3.8) is 0 Å². The molecule has 0 spiro atoms. The van der Waals surface area contributed by atoms with Crippen molar-refractivity contribution >= 4 is 23.4 Å². The molecular formula is C6H9ClN2O5S. The molecule has 0 bridgehead atoms. The van der Waals surface area contributed by atoms with E-state index in [1.54, 1.807) is 12.4 Å². The summed E-state index contributed by atoms with van der Waals surface area (Å²) >= 11 is 0. The van der Waals surface area contributed by atoms with E-state index in [1.807, 2.05) is 0 Å². The molecule has 0 saturated carbocycles. The minimum Gasteiger partial charge on any atom is -0.452 e. The standard InChI is InChI=1S/2C3H3NO.ClH.H2O3S/c2*1-2-5-3-4-1;;1-4(2)3/h2*1-3H;1H;4H,(H,1,2,3). The normalized spacial score (nSPS) is 7.60. The Morgan fingerprint density at radius 1 is 1.00 bits per heavy atom. The number of halogens is 1. The summed E-state index contributed by atoms with van der Waals surface area (Å²) < 4.78 is 33.1. The Balaban J connectivity index is 0. The SMILES string of the molecule is Cl.O=[SH](=O)O.c1cocn1.c1cocn1. The molecule has 2 aromatic rings. The second-order valence-electron chi connectivity index (χ2n) is 1.59.